The van der Waals surface area contributed by atoms with E-state index in [1.165, 1.54) is 16.4 Å². The molecule has 3 aromatic carbocycles. The standard InChI is InChI=1S/C25H26N2O2/c1-4-24(29-19-10-8-9-17(3)15-19)25(28)26-18-13-14-23-21(16-18)20-11-6-7-12-22(20)27(23)5-2/h6-16,24H,4-5H2,1-3H3,(H,26,28)/t24-/m0/s1. The van der Waals surface area contributed by atoms with Gasteiger partial charge in [-0.15, -0.1) is 0 Å². The summed E-state index contributed by atoms with van der Waals surface area (Å²) in [6, 6.07) is 22.3. The molecule has 0 saturated carbocycles. The van der Waals surface area contributed by atoms with Gasteiger partial charge in [-0.2, -0.15) is 0 Å². The van der Waals surface area contributed by atoms with E-state index in [1.807, 2.05) is 44.2 Å². The number of nitrogens with zero attached hydrogens (tertiary/aromatic N) is 1. The highest BCUT2D eigenvalue weighted by atomic mass is 16.5. The van der Waals surface area contributed by atoms with Gasteiger partial charge in [0.05, 0.1) is 0 Å². The van der Waals surface area contributed by atoms with Crippen molar-refractivity contribution >= 4 is 33.4 Å². The summed E-state index contributed by atoms with van der Waals surface area (Å²) in [5.41, 5.74) is 4.28. The Hall–Kier alpha value is -3.27. The summed E-state index contributed by atoms with van der Waals surface area (Å²) < 4.78 is 8.24. The van der Waals surface area contributed by atoms with Crippen molar-refractivity contribution in [3.63, 3.8) is 0 Å². The van der Waals surface area contributed by atoms with Crippen molar-refractivity contribution in [2.75, 3.05) is 5.32 Å². The van der Waals surface area contributed by atoms with Gasteiger partial charge in [0.2, 0.25) is 0 Å². The third-order valence-corrected chi connectivity index (χ3v) is 5.29. The number of aromatic nitrogens is 1. The average molecular weight is 386 g/mol. The maximum Gasteiger partial charge on any atom is 0.265 e. The van der Waals surface area contributed by atoms with Crippen molar-refractivity contribution in [2.45, 2.75) is 39.8 Å². The number of benzene rings is 3. The third-order valence-electron chi connectivity index (χ3n) is 5.29. The minimum absolute atomic E-state index is 0.132. The fraction of sp³-hybridized carbons (Fsp3) is 0.240. The summed E-state index contributed by atoms with van der Waals surface area (Å²) in [6.45, 7) is 7.02. The molecule has 4 rings (SSSR count). The number of carbonyl (C=O) groups excluding carboxylic acids is 1. The zero-order chi connectivity index (χ0) is 20.4. The first-order valence-corrected chi connectivity index (χ1v) is 10.2. The molecule has 4 nitrogen and oxygen atoms in total. The SMILES string of the molecule is CC[C@H](Oc1cccc(C)c1)C(=O)Nc1ccc2c(c1)c1ccccc1n2CC. The smallest absolute Gasteiger partial charge is 0.265 e. The maximum absolute atomic E-state index is 12.9. The fourth-order valence-electron chi connectivity index (χ4n) is 3.87. The van der Waals surface area contributed by atoms with E-state index >= 15 is 0 Å². The van der Waals surface area contributed by atoms with E-state index in [9.17, 15) is 4.79 Å². The first-order chi connectivity index (χ1) is 14.1. The molecule has 1 N–H and O–H groups in total. The molecule has 0 aliphatic heterocycles. The topological polar surface area (TPSA) is 43.3 Å². The molecule has 0 fully saturated rings. The molecule has 148 valence electrons. The van der Waals surface area contributed by atoms with Gasteiger partial charge in [-0.25, -0.2) is 0 Å². The van der Waals surface area contributed by atoms with Crippen LogP contribution in [0.1, 0.15) is 25.8 Å². The number of amides is 1. The second-order valence-corrected chi connectivity index (χ2v) is 7.31. The highest BCUT2D eigenvalue weighted by Crippen LogP contribution is 2.31. The van der Waals surface area contributed by atoms with Crippen LogP contribution >= 0.6 is 0 Å². The van der Waals surface area contributed by atoms with Crippen molar-refractivity contribution in [2.24, 2.45) is 0 Å². The molecule has 0 unspecified atom stereocenters. The molecule has 0 bridgehead atoms. The Kier molecular flexibility index (Phi) is 5.26. The number of fused-ring (bicyclic) bond motifs is 3. The van der Waals surface area contributed by atoms with E-state index in [2.05, 4.69) is 53.2 Å². The van der Waals surface area contributed by atoms with Crippen molar-refractivity contribution in [1.82, 2.24) is 4.57 Å². The quantitative estimate of drug-likeness (QED) is 0.447. The first-order valence-electron chi connectivity index (χ1n) is 10.2. The lowest BCUT2D eigenvalue weighted by Crippen LogP contribution is -2.32. The molecule has 4 aromatic rings. The number of ether oxygens (including phenoxy) is 1. The Morgan fingerprint density at radius 2 is 1.76 bits per heavy atom. The van der Waals surface area contributed by atoms with Gasteiger partial charge in [0.15, 0.2) is 6.10 Å². The van der Waals surface area contributed by atoms with Gasteiger partial charge in [0.1, 0.15) is 5.75 Å². The van der Waals surface area contributed by atoms with E-state index in [-0.39, 0.29) is 5.91 Å². The first kappa shape index (κ1) is 19.1. The van der Waals surface area contributed by atoms with Crippen LogP contribution in [0.4, 0.5) is 5.69 Å². The van der Waals surface area contributed by atoms with Crippen LogP contribution in [-0.4, -0.2) is 16.6 Å². The number of hydrogen-bond donors (Lipinski definition) is 1. The minimum atomic E-state index is -0.538. The van der Waals surface area contributed by atoms with E-state index in [1.54, 1.807) is 0 Å². The average Bonchev–Trinajstić information content (AvgIpc) is 3.05. The summed E-state index contributed by atoms with van der Waals surface area (Å²) in [4.78, 5) is 12.9. The van der Waals surface area contributed by atoms with Gasteiger partial charge in [-0.1, -0.05) is 37.3 Å². The van der Waals surface area contributed by atoms with Crippen LogP contribution in [-0.2, 0) is 11.3 Å². The van der Waals surface area contributed by atoms with E-state index in [0.717, 1.165) is 23.2 Å². The van der Waals surface area contributed by atoms with Crippen LogP contribution in [0.15, 0.2) is 66.7 Å². The van der Waals surface area contributed by atoms with E-state index in [0.29, 0.717) is 12.2 Å². The number of carbonyl (C=O) groups is 1. The molecule has 1 amide bonds. The lowest BCUT2D eigenvalue weighted by molar-refractivity contribution is -0.122. The van der Waals surface area contributed by atoms with Crippen LogP contribution in [0, 0.1) is 6.92 Å². The summed E-state index contributed by atoms with van der Waals surface area (Å²) >= 11 is 0. The molecule has 1 aromatic heterocycles. The normalized spacial score (nSPS) is 12.2. The zero-order valence-electron chi connectivity index (χ0n) is 17.1. The van der Waals surface area contributed by atoms with Crippen molar-refractivity contribution in [3.8, 4) is 5.75 Å². The Balaban J connectivity index is 1.61. The van der Waals surface area contributed by atoms with Crippen molar-refractivity contribution < 1.29 is 9.53 Å². The minimum Gasteiger partial charge on any atom is -0.481 e. The Bertz CT molecular complexity index is 1180. The van der Waals surface area contributed by atoms with Gasteiger partial charge >= 0.3 is 0 Å². The Labute approximate surface area is 171 Å². The van der Waals surface area contributed by atoms with Crippen LogP contribution in [0.5, 0.6) is 5.75 Å². The van der Waals surface area contributed by atoms with Gasteiger partial charge in [-0.05, 0) is 62.2 Å². The lowest BCUT2D eigenvalue weighted by atomic mass is 10.1. The van der Waals surface area contributed by atoms with E-state index < -0.39 is 6.10 Å². The van der Waals surface area contributed by atoms with Crippen molar-refractivity contribution in [1.29, 1.82) is 0 Å². The monoisotopic (exact) mass is 386 g/mol. The predicted octanol–water partition coefficient (Wildman–Crippen LogP) is 5.92. The molecule has 0 aliphatic carbocycles. The molecule has 1 heterocycles. The largest absolute Gasteiger partial charge is 0.481 e. The van der Waals surface area contributed by atoms with Gasteiger partial charge < -0.3 is 14.6 Å². The predicted molar refractivity (Wildman–Crippen MR) is 120 cm³/mol. The van der Waals surface area contributed by atoms with Gasteiger partial charge in [0, 0.05) is 34.0 Å². The highest BCUT2D eigenvalue weighted by Gasteiger charge is 2.19. The van der Waals surface area contributed by atoms with Crippen molar-refractivity contribution in [3.05, 3.63) is 72.3 Å². The number of hydrogen-bond acceptors (Lipinski definition) is 2. The molecule has 0 spiro atoms. The van der Waals surface area contributed by atoms with Crippen LogP contribution in [0.25, 0.3) is 21.8 Å². The molecule has 0 aliphatic rings. The zero-order valence-corrected chi connectivity index (χ0v) is 17.1. The molecule has 1 atom stereocenters. The van der Waals surface area contributed by atoms with Gasteiger partial charge in [0.25, 0.3) is 5.91 Å². The lowest BCUT2D eigenvalue weighted by Gasteiger charge is -2.17. The second-order valence-electron chi connectivity index (χ2n) is 7.31. The molecular weight excluding hydrogens is 360 g/mol. The van der Waals surface area contributed by atoms with E-state index in [4.69, 9.17) is 4.74 Å². The van der Waals surface area contributed by atoms with Crippen LogP contribution in [0.3, 0.4) is 0 Å². The number of para-hydroxylation sites is 1. The highest BCUT2D eigenvalue weighted by molar-refractivity contribution is 6.10. The molecular formula is C25H26N2O2. The molecule has 0 saturated heterocycles. The fourth-order valence-corrected chi connectivity index (χ4v) is 3.87. The number of nitrogens with one attached hydrogen (secondary N) is 1. The number of aryl methyl sites for hydroxylation is 2. The summed E-state index contributed by atoms with van der Waals surface area (Å²) in [5.74, 6) is 0.584. The molecule has 29 heavy (non-hydrogen) atoms. The number of rotatable bonds is 6. The second kappa shape index (κ2) is 8.00. The molecule has 0 radical (unpaired) electrons. The Morgan fingerprint density at radius 1 is 0.966 bits per heavy atom. The summed E-state index contributed by atoms with van der Waals surface area (Å²) in [6.07, 6.45) is 0.0569. The Morgan fingerprint density at radius 3 is 2.52 bits per heavy atom. The molecule has 4 heteroatoms. The van der Waals surface area contributed by atoms with Gasteiger partial charge in [-0.3, -0.25) is 4.79 Å². The summed E-state index contributed by atoms with van der Waals surface area (Å²) in [5, 5.41) is 5.38. The van der Waals surface area contributed by atoms with Crippen LogP contribution < -0.4 is 10.1 Å². The number of anilines is 1. The maximum atomic E-state index is 12.9. The van der Waals surface area contributed by atoms with Crippen LogP contribution in [0.2, 0.25) is 0 Å². The summed E-state index contributed by atoms with van der Waals surface area (Å²) in [7, 11) is 0. The third kappa shape index (κ3) is 3.70.